The van der Waals surface area contributed by atoms with Crippen LogP contribution in [0.25, 0.3) is 11.1 Å². The molecule has 0 aromatic heterocycles. The van der Waals surface area contributed by atoms with Crippen molar-refractivity contribution in [2.75, 3.05) is 0 Å². The lowest BCUT2D eigenvalue weighted by molar-refractivity contribution is 0.121. The molecule has 5 nitrogen and oxygen atoms in total. The molecule has 0 atom stereocenters. The standard InChI is InChI=1S/C18H18N3O2/c1-2-21(17(19)20)18(22)23-11-13-7-5-9-15-14-8-4-3-6-12(14)10-16(13)15/h2-9H,10-11H2,1H3,(H3,19,20). The van der Waals surface area contributed by atoms with Gasteiger partial charge < -0.3 is 10.5 Å². The Morgan fingerprint density at radius 1 is 1.26 bits per heavy atom. The monoisotopic (exact) mass is 308 g/mol. The summed E-state index contributed by atoms with van der Waals surface area (Å²) in [6.45, 7) is 3.20. The van der Waals surface area contributed by atoms with E-state index in [2.05, 4.69) is 18.2 Å². The number of hydrogen-bond acceptors (Lipinski definition) is 3. The molecule has 117 valence electrons. The van der Waals surface area contributed by atoms with Gasteiger partial charge in [0.25, 0.3) is 0 Å². The third-order valence-corrected chi connectivity index (χ3v) is 4.01. The summed E-state index contributed by atoms with van der Waals surface area (Å²) < 4.78 is 5.30. The predicted molar refractivity (Wildman–Crippen MR) is 88.6 cm³/mol. The van der Waals surface area contributed by atoms with Crippen LogP contribution in [-0.2, 0) is 17.8 Å². The Bertz CT molecular complexity index is 771. The molecule has 3 N–H and O–H groups in total. The normalized spacial score (nSPS) is 11.5. The number of nitrogens with one attached hydrogen (secondary N) is 1. The molecule has 0 aliphatic heterocycles. The van der Waals surface area contributed by atoms with Crippen molar-refractivity contribution in [3.63, 3.8) is 0 Å². The van der Waals surface area contributed by atoms with Crippen molar-refractivity contribution in [1.82, 2.24) is 4.90 Å². The molecule has 3 rings (SSSR count). The first-order valence-electron chi connectivity index (χ1n) is 7.40. The van der Waals surface area contributed by atoms with E-state index in [9.17, 15) is 4.79 Å². The van der Waals surface area contributed by atoms with Crippen molar-refractivity contribution < 1.29 is 9.53 Å². The average molecular weight is 308 g/mol. The van der Waals surface area contributed by atoms with Gasteiger partial charge in [-0.25, -0.2) is 9.69 Å². The first kappa shape index (κ1) is 15.1. The van der Waals surface area contributed by atoms with E-state index in [-0.39, 0.29) is 12.6 Å². The van der Waals surface area contributed by atoms with E-state index in [4.69, 9.17) is 15.9 Å². The molecule has 0 spiro atoms. The van der Waals surface area contributed by atoms with Crippen LogP contribution in [-0.4, -0.2) is 17.0 Å². The highest BCUT2D eigenvalue weighted by atomic mass is 16.6. The summed E-state index contributed by atoms with van der Waals surface area (Å²) >= 11 is 0. The Kier molecular flexibility index (Phi) is 4.02. The summed E-state index contributed by atoms with van der Waals surface area (Å²) in [7, 11) is 0. The molecule has 2 aromatic carbocycles. The zero-order valence-corrected chi connectivity index (χ0v) is 12.9. The van der Waals surface area contributed by atoms with E-state index in [1.165, 1.54) is 28.8 Å². The van der Waals surface area contributed by atoms with Crippen LogP contribution in [0.4, 0.5) is 4.79 Å². The van der Waals surface area contributed by atoms with E-state index in [0.717, 1.165) is 16.9 Å². The summed E-state index contributed by atoms with van der Waals surface area (Å²) in [5.74, 6) is -0.358. The Hall–Kier alpha value is -2.82. The van der Waals surface area contributed by atoms with Crippen LogP contribution in [0.2, 0.25) is 0 Å². The number of carbonyl (C=O) groups excluding carboxylic acids is 1. The number of hydrogen-bond donors (Lipinski definition) is 2. The minimum Gasteiger partial charge on any atom is -0.444 e. The maximum Gasteiger partial charge on any atom is 0.417 e. The largest absolute Gasteiger partial charge is 0.444 e. The third kappa shape index (κ3) is 2.77. The number of nitrogens with two attached hydrogens (primary N) is 1. The molecule has 1 radical (unpaired) electrons. The SMILES string of the molecule is C[CH]N(C(=N)N)C(=O)OCc1cccc2c1Cc1ccccc1-2. The fourth-order valence-electron chi connectivity index (χ4n) is 2.91. The van der Waals surface area contributed by atoms with E-state index < -0.39 is 6.09 Å². The average Bonchev–Trinajstić information content (AvgIpc) is 2.92. The van der Waals surface area contributed by atoms with E-state index in [1.54, 1.807) is 6.92 Å². The number of guanidine groups is 1. The lowest BCUT2D eigenvalue weighted by Gasteiger charge is -2.18. The fourth-order valence-corrected chi connectivity index (χ4v) is 2.91. The van der Waals surface area contributed by atoms with Crippen LogP contribution >= 0.6 is 0 Å². The molecule has 0 heterocycles. The van der Waals surface area contributed by atoms with Gasteiger partial charge in [-0.1, -0.05) is 42.5 Å². The number of ether oxygens (including phenoxy) is 1. The first-order chi connectivity index (χ1) is 11.1. The third-order valence-electron chi connectivity index (χ3n) is 4.01. The van der Waals surface area contributed by atoms with Gasteiger partial charge in [-0.05, 0) is 41.2 Å². The van der Waals surface area contributed by atoms with Gasteiger partial charge in [0.05, 0.1) is 6.54 Å². The number of nitrogens with zero attached hydrogens (tertiary/aromatic N) is 1. The number of benzene rings is 2. The van der Waals surface area contributed by atoms with Gasteiger partial charge >= 0.3 is 6.09 Å². The predicted octanol–water partition coefficient (Wildman–Crippen LogP) is 3.27. The van der Waals surface area contributed by atoms with Crippen LogP contribution in [0.1, 0.15) is 23.6 Å². The molecule has 1 aliphatic carbocycles. The Morgan fingerprint density at radius 2 is 2.00 bits per heavy atom. The van der Waals surface area contributed by atoms with Crippen LogP contribution in [0, 0.1) is 12.0 Å². The molecular formula is C18H18N3O2. The summed E-state index contributed by atoms with van der Waals surface area (Å²) in [6.07, 6.45) is 0.198. The van der Waals surface area contributed by atoms with Crippen LogP contribution in [0.5, 0.6) is 0 Å². The molecule has 0 bridgehead atoms. The van der Waals surface area contributed by atoms with Gasteiger partial charge in [-0.2, -0.15) is 0 Å². The molecule has 5 heteroatoms. The zero-order valence-electron chi connectivity index (χ0n) is 12.9. The fraction of sp³-hybridized carbons (Fsp3) is 0.167. The van der Waals surface area contributed by atoms with Crippen molar-refractivity contribution in [3.05, 3.63) is 65.7 Å². The zero-order chi connectivity index (χ0) is 16.4. The van der Waals surface area contributed by atoms with Gasteiger partial charge in [0.2, 0.25) is 0 Å². The maximum absolute atomic E-state index is 12.0. The number of carbonyl (C=O) groups is 1. The quantitative estimate of drug-likeness (QED) is 0.575. The van der Waals surface area contributed by atoms with E-state index in [1.807, 2.05) is 24.3 Å². The van der Waals surface area contributed by atoms with Gasteiger partial charge in [0, 0.05) is 0 Å². The highest BCUT2D eigenvalue weighted by molar-refractivity contribution is 5.92. The van der Waals surface area contributed by atoms with Crippen LogP contribution in [0.3, 0.4) is 0 Å². The number of rotatable bonds is 3. The van der Waals surface area contributed by atoms with Gasteiger partial charge in [-0.15, -0.1) is 0 Å². The smallest absolute Gasteiger partial charge is 0.417 e. The molecule has 0 fully saturated rings. The highest BCUT2D eigenvalue weighted by Gasteiger charge is 2.22. The molecule has 0 saturated heterocycles. The van der Waals surface area contributed by atoms with Crippen molar-refractivity contribution in [2.24, 2.45) is 5.73 Å². The molecule has 0 unspecified atom stereocenters. The second-order valence-electron chi connectivity index (χ2n) is 5.35. The van der Waals surface area contributed by atoms with Crippen LogP contribution in [0.15, 0.2) is 42.5 Å². The number of fused-ring (bicyclic) bond motifs is 3. The molecule has 23 heavy (non-hydrogen) atoms. The van der Waals surface area contributed by atoms with Crippen molar-refractivity contribution in [3.8, 4) is 11.1 Å². The highest BCUT2D eigenvalue weighted by Crippen LogP contribution is 2.38. The lowest BCUT2D eigenvalue weighted by atomic mass is 10.0. The van der Waals surface area contributed by atoms with E-state index in [0.29, 0.717) is 0 Å². The molecule has 2 aromatic rings. The van der Waals surface area contributed by atoms with Crippen molar-refractivity contribution in [1.29, 1.82) is 5.41 Å². The molecule has 1 amide bonds. The Morgan fingerprint density at radius 3 is 2.74 bits per heavy atom. The van der Waals surface area contributed by atoms with Gasteiger partial charge in [-0.3, -0.25) is 5.41 Å². The van der Waals surface area contributed by atoms with Crippen LogP contribution < -0.4 is 5.73 Å². The molecule has 1 aliphatic rings. The summed E-state index contributed by atoms with van der Waals surface area (Å²) in [5, 5.41) is 7.35. The van der Waals surface area contributed by atoms with Crippen molar-refractivity contribution >= 4 is 12.1 Å². The molecule has 0 saturated carbocycles. The second kappa shape index (κ2) is 6.12. The van der Waals surface area contributed by atoms with E-state index >= 15 is 0 Å². The summed E-state index contributed by atoms with van der Waals surface area (Å²) in [5.41, 5.74) is 11.2. The Balaban J connectivity index is 1.79. The minimum absolute atomic E-state index is 0.160. The summed E-state index contributed by atoms with van der Waals surface area (Å²) in [6, 6.07) is 14.3. The topological polar surface area (TPSA) is 79.4 Å². The summed E-state index contributed by atoms with van der Waals surface area (Å²) in [4.78, 5) is 12.9. The Labute approximate surface area is 135 Å². The maximum atomic E-state index is 12.0. The van der Waals surface area contributed by atoms with Gasteiger partial charge in [0.15, 0.2) is 5.96 Å². The van der Waals surface area contributed by atoms with Gasteiger partial charge in [0.1, 0.15) is 6.61 Å². The number of amides is 1. The van der Waals surface area contributed by atoms with Crippen molar-refractivity contribution in [2.45, 2.75) is 20.0 Å². The second-order valence-corrected chi connectivity index (χ2v) is 5.35. The minimum atomic E-state index is -0.645. The molecular weight excluding hydrogens is 290 g/mol. The lowest BCUT2D eigenvalue weighted by Crippen LogP contribution is -2.38. The first-order valence-corrected chi connectivity index (χ1v) is 7.40.